The molecule has 0 aliphatic rings. The van der Waals surface area contributed by atoms with Crippen LogP contribution in [0.5, 0.6) is 5.75 Å². The monoisotopic (exact) mass is 306 g/mol. The Morgan fingerprint density at radius 3 is 2.76 bits per heavy atom. The Balaban J connectivity index is 1.84. The third kappa shape index (κ3) is 4.84. The molecular weight excluding hydrogens is 288 g/mol. The highest BCUT2D eigenvalue weighted by Gasteiger charge is 2.05. The molecule has 0 saturated carbocycles. The Labute approximate surface area is 127 Å². The number of hydrogen-bond donors (Lipinski definition) is 2. The van der Waals surface area contributed by atoms with E-state index in [9.17, 15) is 4.79 Å². The average Bonchev–Trinajstić information content (AvgIpc) is 2.95. The van der Waals surface area contributed by atoms with Crippen molar-refractivity contribution in [2.45, 2.75) is 12.8 Å². The van der Waals surface area contributed by atoms with E-state index >= 15 is 0 Å². The molecule has 0 radical (unpaired) electrons. The molecule has 1 aromatic carbocycles. The van der Waals surface area contributed by atoms with Gasteiger partial charge in [0.2, 0.25) is 0 Å². The number of carbonyl (C=O) groups is 1. The fourth-order valence-electron chi connectivity index (χ4n) is 1.84. The summed E-state index contributed by atoms with van der Waals surface area (Å²) in [5, 5.41) is 14.7. The van der Waals surface area contributed by atoms with Crippen LogP contribution in [0.2, 0.25) is 0 Å². The van der Waals surface area contributed by atoms with E-state index in [1.807, 2.05) is 29.6 Å². The molecule has 2 aromatic rings. The molecule has 0 fully saturated rings. The van der Waals surface area contributed by atoms with Crippen LogP contribution in [0, 0.1) is 0 Å². The van der Waals surface area contributed by atoms with Gasteiger partial charge < -0.3 is 15.2 Å². The lowest BCUT2D eigenvalue weighted by molar-refractivity contribution is -0.136. The van der Waals surface area contributed by atoms with Crippen molar-refractivity contribution in [1.29, 1.82) is 0 Å². The lowest BCUT2D eigenvalue weighted by Gasteiger charge is -2.01. The minimum atomic E-state index is -0.779. The zero-order chi connectivity index (χ0) is 15.1. The van der Waals surface area contributed by atoms with Crippen LogP contribution in [0.15, 0.2) is 29.6 Å². The van der Waals surface area contributed by atoms with Gasteiger partial charge in [0.25, 0.3) is 0 Å². The Bertz CT molecular complexity index is 581. The van der Waals surface area contributed by atoms with Gasteiger partial charge in [0, 0.05) is 30.5 Å². The minimum Gasteiger partial charge on any atom is -0.497 e. The van der Waals surface area contributed by atoms with Crippen molar-refractivity contribution in [1.82, 2.24) is 10.3 Å². The Kier molecular flexibility index (Phi) is 5.71. The van der Waals surface area contributed by atoms with E-state index in [0.717, 1.165) is 35.0 Å². The first-order valence-corrected chi connectivity index (χ1v) is 7.58. The predicted molar refractivity (Wildman–Crippen MR) is 82.9 cm³/mol. The van der Waals surface area contributed by atoms with Gasteiger partial charge in [-0.3, -0.25) is 4.79 Å². The molecule has 0 saturated heterocycles. The number of hydrogen-bond acceptors (Lipinski definition) is 5. The van der Waals surface area contributed by atoms with Crippen molar-refractivity contribution in [3.05, 3.63) is 34.7 Å². The van der Waals surface area contributed by atoms with Gasteiger partial charge in [0.15, 0.2) is 0 Å². The van der Waals surface area contributed by atoms with Gasteiger partial charge in [-0.1, -0.05) is 0 Å². The first-order chi connectivity index (χ1) is 10.2. The maximum absolute atomic E-state index is 10.4. The lowest BCUT2D eigenvalue weighted by Crippen LogP contribution is -2.20. The number of carboxylic acids is 1. The van der Waals surface area contributed by atoms with Gasteiger partial charge in [-0.05, 0) is 24.3 Å². The van der Waals surface area contributed by atoms with Crippen LogP contribution < -0.4 is 10.1 Å². The van der Waals surface area contributed by atoms with E-state index in [-0.39, 0.29) is 6.42 Å². The van der Waals surface area contributed by atoms with Gasteiger partial charge in [-0.2, -0.15) is 0 Å². The van der Waals surface area contributed by atoms with Crippen molar-refractivity contribution >= 4 is 17.3 Å². The third-order valence-corrected chi connectivity index (χ3v) is 3.88. The molecule has 0 unspecified atom stereocenters. The van der Waals surface area contributed by atoms with Gasteiger partial charge >= 0.3 is 5.97 Å². The highest BCUT2D eigenvalue weighted by molar-refractivity contribution is 7.09. The summed E-state index contributed by atoms with van der Waals surface area (Å²) in [6.07, 6.45) is 0.954. The highest BCUT2D eigenvalue weighted by Crippen LogP contribution is 2.24. The Morgan fingerprint density at radius 2 is 2.10 bits per heavy atom. The first kappa shape index (κ1) is 15.5. The molecule has 0 aliphatic carbocycles. The molecule has 21 heavy (non-hydrogen) atoms. The molecule has 2 N–H and O–H groups in total. The summed E-state index contributed by atoms with van der Waals surface area (Å²) >= 11 is 1.62. The van der Waals surface area contributed by atoms with Crippen LogP contribution in [0.4, 0.5) is 0 Å². The highest BCUT2D eigenvalue weighted by atomic mass is 32.1. The van der Waals surface area contributed by atoms with Crippen molar-refractivity contribution in [3.63, 3.8) is 0 Å². The number of aromatic nitrogens is 1. The zero-order valence-electron chi connectivity index (χ0n) is 11.8. The number of benzene rings is 1. The summed E-state index contributed by atoms with van der Waals surface area (Å²) < 4.78 is 5.14. The first-order valence-electron chi connectivity index (χ1n) is 6.70. The average molecular weight is 306 g/mol. The minimum absolute atomic E-state index is 0.148. The van der Waals surface area contributed by atoms with E-state index in [4.69, 9.17) is 9.84 Å². The van der Waals surface area contributed by atoms with Crippen LogP contribution in [-0.4, -0.2) is 36.3 Å². The molecule has 2 rings (SSSR count). The molecule has 1 heterocycles. The lowest BCUT2D eigenvalue weighted by atomic mass is 10.2. The summed E-state index contributed by atoms with van der Waals surface area (Å²) in [6, 6.07) is 7.81. The van der Waals surface area contributed by atoms with E-state index < -0.39 is 5.97 Å². The molecule has 6 heteroatoms. The van der Waals surface area contributed by atoms with Gasteiger partial charge in [0.1, 0.15) is 5.75 Å². The van der Waals surface area contributed by atoms with Crippen molar-refractivity contribution in [2.24, 2.45) is 0 Å². The van der Waals surface area contributed by atoms with Crippen LogP contribution in [0.1, 0.15) is 11.4 Å². The smallest absolute Gasteiger partial charge is 0.304 e. The zero-order valence-corrected chi connectivity index (χ0v) is 12.7. The molecule has 0 bridgehead atoms. The Morgan fingerprint density at radius 1 is 1.33 bits per heavy atom. The third-order valence-electron chi connectivity index (χ3n) is 2.97. The quantitative estimate of drug-likeness (QED) is 0.733. The molecule has 0 spiro atoms. The summed E-state index contributed by atoms with van der Waals surface area (Å²) in [5.74, 6) is 0.0513. The second-order valence-electron chi connectivity index (χ2n) is 4.50. The summed E-state index contributed by atoms with van der Waals surface area (Å²) in [4.78, 5) is 15.0. The molecular formula is C15H18N2O3S. The van der Waals surface area contributed by atoms with Gasteiger partial charge in [-0.15, -0.1) is 11.3 Å². The SMILES string of the molecule is COc1ccc(-c2csc(CCNCCC(=O)O)n2)cc1. The van der Waals surface area contributed by atoms with E-state index in [1.165, 1.54) is 0 Å². The van der Waals surface area contributed by atoms with E-state index in [0.29, 0.717) is 6.54 Å². The second kappa shape index (κ2) is 7.75. The molecule has 112 valence electrons. The number of nitrogens with zero attached hydrogens (tertiary/aromatic N) is 1. The van der Waals surface area contributed by atoms with Gasteiger partial charge in [0.05, 0.1) is 24.2 Å². The van der Waals surface area contributed by atoms with Crippen LogP contribution >= 0.6 is 11.3 Å². The number of aliphatic carboxylic acids is 1. The number of thiazole rings is 1. The molecule has 5 nitrogen and oxygen atoms in total. The van der Waals surface area contributed by atoms with Gasteiger partial charge in [-0.25, -0.2) is 4.98 Å². The maximum Gasteiger partial charge on any atom is 0.304 e. The molecule has 0 aliphatic heterocycles. The summed E-state index contributed by atoms with van der Waals surface area (Å²) in [5.41, 5.74) is 2.03. The molecule has 0 amide bonds. The number of nitrogens with one attached hydrogen (secondary N) is 1. The van der Waals surface area contributed by atoms with Crippen LogP contribution in [0.3, 0.4) is 0 Å². The number of carboxylic acid groups (broad SMARTS) is 1. The Hall–Kier alpha value is -1.92. The standard InChI is InChI=1S/C15H18N2O3S/c1-20-12-4-2-11(3-5-12)13-10-21-14(17-13)6-8-16-9-7-15(18)19/h2-5,10,16H,6-9H2,1H3,(H,18,19). The fourth-order valence-corrected chi connectivity index (χ4v) is 2.64. The maximum atomic E-state index is 10.4. The predicted octanol–water partition coefficient (Wildman–Crippen LogP) is 2.43. The molecule has 1 aromatic heterocycles. The largest absolute Gasteiger partial charge is 0.497 e. The summed E-state index contributed by atoms with van der Waals surface area (Å²) in [7, 11) is 1.65. The number of methoxy groups -OCH3 is 1. The van der Waals surface area contributed by atoms with Crippen molar-refractivity contribution in [3.8, 4) is 17.0 Å². The fraction of sp³-hybridized carbons (Fsp3) is 0.333. The van der Waals surface area contributed by atoms with E-state index in [1.54, 1.807) is 18.4 Å². The van der Waals surface area contributed by atoms with E-state index in [2.05, 4.69) is 10.3 Å². The van der Waals surface area contributed by atoms with Crippen molar-refractivity contribution in [2.75, 3.05) is 20.2 Å². The second-order valence-corrected chi connectivity index (χ2v) is 5.44. The normalized spacial score (nSPS) is 10.5. The van der Waals surface area contributed by atoms with Crippen molar-refractivity contribution < 1.29 is 14.6 Å². The van der Waals surface area contributed by atoms with Crippen LogP contribution in [0.25, 0.3) is 11.3 Å². The summed E-state index contributed by atoms with van der Waals surface area (Å²) in [6.45, 7) is 1.23. The number of ether oxygens (including phenoxy) is 1. The number of rotatable bonds is 8. The topological polar surface area (TPSA) is 71.5 Å². The molecule has 0 atom stereocenters. The van der Waals surface area contributed by atoms with Crippen LogP contribution in [-0.2, 0) is 11.2 Å².